The molecule has 2 unspecified atom stereocenters. The fourth-order valence-electron chi connectivity index (χ4n) is 3.32. The lowest BCUT2D eigenvalue weighted by molar-refractivity contribution is 0.0742. The van der Waals surface area contributed by atoms with Gasteiger partial charge in [-0.25, -0.2) is 0 Å². The number of benzene rings is 1. The number of nitrogens with zero attached hydrogens (tertiary/aromatic N) is 1. The first-order valence-corrected chi connectivity index (χ1v) is 8.42. The molecular formula is C17H24Cl2N2O2. The molecule has 2 atom stereocenters. The van der Waals surface area contributed by atoms with Gasteiger partial charge in [0.25, 0.3) is 5.91 Å². The zero-order chi connectivity index (χ0) is 15.7. The highest BCUT2D eigenvalue weighted by Crippen LogP contribution is 2.27. The number of ether oxygens (including phenoxy) is 1. The lowest BCUT2D eigenvalue weighted by Gasteiger charge is -2.25. The number of nitrogens with one attached hydrogen (secondary N) is 1. The summed E-state index contributed by atoms with van der Waals surface area (Å²) < 4.78 is 5.78. The van der Waals surface area contributed by atoms with Crippen LogP contribution < -0.4 is 10.1 Å². The van der Waals surface area contributed by atoms with Crippen LogP contribution in [0.15, 0.2) is 18.2 Å². The monoisotopic (exact) mass is 358 g/mol. The quantitative estimate of drug-likeness (QED) is 0.898. The Bertz CT molecular complexity index is 566. The minimum absolute atomic E-state index is 0. The molecule has 0 aliphatic carbocycles. The lowest BCUT2D eigenvalue weighted by Crippen LogP contribution is -2.39. The van der Waals surface area contributed by atoms with Crippen LogP contribution in [0.3, 0.4) is 0 Å². The molecule has 1 aromatic carbocycles. The summed E-state index contributed by atoms with van der Waals surface area (Å²) in [4.78, 5) is 14.9. The second-order valence-electron chi connectivity index (χ2n) is 6.48. The highest BCUT2D eigenvalue weighted by molar-refractivity contribution is 6.31. The minimum Gasteiger partial charge on any atom is -0.490 e. The molecule has 2 aliphatic heterocycles. The van der Waals surface area contributed by atoms with E-state index in [1.54, 1.807) is 18.2 Å². The van der Waals surface area contributed by atoms with E-state index in [9.17, 15) is 4.79 Å². The normalized spacial score (nSPS) is 23.4. The van der Waals surface area contributed by atoms with Crippen LogP contribution in [0.25, 0.3) is 0 Å². The van der Waals surface area contributed by atoms with Gasteiger partial charge in [-0.2, -0.15) is 0 Å². The van der Waals surface area contributed by atoms with Crippen LogP contribution in [0, 0.1) is 0 Å². The summed E-state index contributed by atoms with van der Waals surface area (Å²) in [5, 5.41) is 4.16. The fraction of sp³-hybridized carbons (Fsp3) is 0.588. The van der Waals surface area contributed by atoms with Gasteiger partial charge in [0.15, 0.2) is 0 Å². The van der Waals surface area contributed by atoms with Gasteiger partial charge in [-0.05, 0) is 51.3 Å². The van der Waals surface area contributed by atoms with E-state index in [0.717, 1.165) is 25.9 Å². The van der Waals surface area contributed by atoms with Crippen LogP contribution in [0.5, 0.6) is 5.75 Å². The van der Waals surface area contributed by atoms with Gasteiger partial charge in [0.05, 0.1) is 11.7 Å². The van der Waals surface area contributed by atoms with Crippen LogP contribution in [0.4, 0.5) is 0 Å². The topological polar surface area (TPSA) is 41.6 Å². The number of carbonyl (C=O) groups is 1. The molecule has 0 aromatic heterocycles. The van der Waals surface area contributed by atoms with Crippen LogP contribution in [-0.4, -0.2) is 42.1 Å². The molecule has 0 saturated carbocycles. The van der Waals surface area contributed by atoms with E-state index >= 15 is 0 Å². The van der Waals surface area contributed by atoms with Crippen molar-refractivity contribution in [3.63, 3.8) is 0 Å². The number of likely N-dealkylation sites (tertiary alicyclic amines) is 1. The molecule has 23 heavy (non-hydrogen) atoms. The van der Waals surface area contributed by atoms with Crippen molar-refractivity contribution in [2.24, 2.45) is 0 Å². The van der Waals surface area contributed by atoms with Crippen molar-refractivity contribution in [1.29, 1.82) is 0 Å². The first-order chi connectivity index (χ1) is 10.5. The van der Waals surface area contributed by atoms with Gasteiger partial charge < -0.3 is 15.0 Å². The summed E-state index contributed by atoms with van der Waals surface area (Å²) in [5.74, 6) is 0.638. The molecule has 2 aliphatic rings. The first kappa shape index (κ1) is 18.4. The molecule has 1 amide bonds. The van der Waals surface area contributed by atoms with Gasteiger partial charge in [0.1, 0.15) is 5.75 Å². The van der Waals surface area contributed by atoms with Gasteiger partial charge in [-0.3, -0.25) is 4.79 Å². The maximum absolute atomic E-state index is 12.9. The van der Waals surface area contributed by atoms with Crippen molar-refractivity contribution in [3.8, 4) is 5.75 Å². The summed E-state index contributed by atoms with van der Waals surface area (Å²) in [6.45, 7) is 5.47. The number of hydrogen-bond donors (Lipinski definition) is 1. The third-order valence-corrected chi connectivity index (χ3v) is 4.58. The number of rotatable bonds is 3. The van der Waals surface area contributed by atoms with Crippen molar-refractivity contribution in [1.82, 2.24) is 10.2 Å². The fourth-order valence-corrected chi connectivity index (χ4v) is 3.50. The molecule has 2 saturated heterocycles. The maximum atomic E-state index is 12.9. The standard InChI is InChI=1S/C17H23ClN2O2.ClH/c1-11(2)22-16-6-3-12(18)9-15(16)17(21)20-8-7-13-4-5-14(10-20)19-13;/h3,6,9,11,13-14,19H,4-5,7-8,10H2,1-2H3;1H. The van der Waals surface area contributed by atoms with Gasteiger partial charge in [-0.15, -0.1) is 12.4 Å². The van der Waals surface area contributed by atoms with E-state index in [1.165, 1.54) is 6.42 Å². The molecule has 4 nitrogen and oxygen atoms in total. The lowest BCUT2D eigenvalue weighted by atomic mass is 10.1. The van der Waals surface area contributed by atoms with Gasteiger partial charge >= 0.3 is 0 Å². The van der Waals surface area contributed by atoms with Crippen molar-refractivity contribution < 1.29 is 9.53 Å². The van der Waals surface area contributed by atoms with Crippen LogP contribution in [0.2, 0.25) is 5.02 Å². The minimum atomic E-state index is 0. The first-order valence-electron chi connectivity index (χ1n) is 8.04. The van der Waals surface area contributed by atoms with Crippen molar-refractivity contribution in [2.45, 2.75) is 51.3 Å². The van der Waals surface area contributed by atoms with Crippen molar-refractivity contribution >= 4 is 29.9 Å². The van der Waals surface area contributed by atoms with Crippen LogP contribution in [-0.2, 0) is 0 Å². The molecule has 1 aromatic rings. The highest BCUT2D eigenvalue weighted by Gasteiger charge is 2.32. The summed E-state index contributed by atoms with van der Waals surface area (Å²) in [6, 6.07) is 6.26. The average molecular weight is 359 g/mol. The second kappa shape index (κ2) is 7.73. The van der Waals surface area contributed by atoms with E-state index in [-0.39, 0.29) is 24.4 Å². The molecule has 3 rings (SSSR count). The average Bonchev–Trinajstić information content (AvgIpc) is 2.79. The number of hydrogen-bond acceptors (Lipinski definition) is 3. The molecule has 0 radical (unpaired) electrons. The second-order valence-corrected chi connectivity index (χ2v) is 6.92. The van der Waals surface area contributed by atoms with Crippen LogP contribution >= 0.6 is 24.0 Å². The predicted octanol–water partition coefficient (Wildman–Crippen LogP) is 3.52. The molecular weight excluding hydrogens is 335 g/mol. The highest BCUT2D eigenvalue weighted by atomic mass is 35.5. The Morgan fingerprint density at radius 1 is 1.30 bits per heavy atom. The molecule has 2 bridgehead atoms. The maximum Gasteiger partial charge on any atom is 0.257 e. The van der Waals surface area contributed by atoms with Crippen molar-refractivity contribution in [2.75, 3.05) is 13.1 Å². The summed E-state index contributed by atoms with van der Waals surface area (Å²) in [7, 11) is 0. The molecule has 1 N–H and O–H groups in total. The molecule has 0 spiro atoms. The summed E-state index contributed by atoms with van der Waals surface area (Å²) >= 11 is 6.09. The number of halogens is 2. The Balaban J connectivity index is 0.00000192. The molecule has 2 heterocycles. The van der Waals surface area contributed by atoms with Crippen LogP contribution in [0.1, 0.15) is 43.5 Å². The van der Waals surface area contributed by atoms with E-state index in [0.29, 0.717) is 28.4 Å². The van der Waals surface area contributed by atoms with E-state index in [1.807, 2.05) is 18.7 Å². The van der Waals surface area contributed by atoms with E-state index < -0.39 is 0 Å². The van der Waals surface area contributed by atoms with Crippen molar-refractivity contribution in [3.05, 3.63) is 28.8 Å². The Labute approximate surface area is 148 Å². The SMILES string of the molecule is CC(C)Oc1ccc(Cl)cc1C(=O)N1CCC2CCC(C1)N2.Cl. The molecule has 128 valence electrons. The zero-order valence-corrected chi connectivity index (χ0v) is 15.1. The zero-order valence-electron chi connectivity index (χ0n) is 13.5. The third kappa shape index (κ3) is 4.31. The summed E-state index contributed by atoms with van der Waals surface area (Å²) in [6.07, 6.45) is 3.42. The van der Waals surface area contributed by atoms with E-state index in [2.05, 4.69) is 5.32 Å². The third-order valence-electron chi connectivity index (χ3n) is 4.35. The smallest absolute Gasteiger partial charge is 0.257 e. The Hall–Kier alpha value is -0.970. The van der Waals surface area contributed by atoms with E-state index in [4.69, 9.17) is 16.3 Å². The van der Waals surface area contributed by atoms with Gasteiger partial charge in [-0.1, -0.05) is 11.6 Å². The van der Waals surface area contributed by atoms with Gasteiger partial charge in [0, 0.05) is 30.2 Å². The Morgan fingerprint density at radius 3 is 2.78 bits per heavy atom. The Morgan fingerprint density at radius 2 is 2.04 bits per heavy atom. The molecule has 2 fully saturated rings. The largest absolute Gasteiger partial charge is 0.490 e. The predicted molar refractivity (Wildman–Crippen MR) is 94.9 cm³/mol. The number of carbonyl (C=O) groups excluding carboxylic acids is 1. The molecule has 6 heteroatoms. The number of fused-ring (bicyclic) bond motifs is 2. The van der Waals surface area contributed by atoms with Gasteiger partial charge in [0.2, 0.25) is 0 Å². The number of amides is 1. The summed E-state index contributed by atoms with van der Waals surface area (Å²) in [5.41, 5.74) is 0.568. The Kier molecular flexibility index (Phi) is 6.18.